The van der Waals surface area contributed by atoms with E-state index >= 15 is 0 Å². The van der Waals surface area contributed by atoms with E-state index in [0.29, 0.717) is 18.9 Å². The molecular formula is C15H17F2NO4S. The first-order valence-corrected chi connectivity index (χ1v) is 8.79. The van der Waals surface area contributed by atoms with Crippen molar-refractivity contribution in [2.75, 3.05) is 0 Å². The predicted octanol–water partition coefficient (Wildman–Crippen LogP) is 1.95. The van der Waals surface area contributed by atoms with E-state index < -0.39 is 33.4 Å². The van der Waals surface area contributed by atoms with Gasteiger partial charge < -0.3 is 5.11 Å². The number of sulfonamides is 1. The average Bonchev–Trinajstić information content (AvgIpc) is 3.07. The van der Waals surface area contributed by atoms with Gasteiger partial charge in [0.15, 0.2) is 0 Å². The summed E-state index contributed by atoms with van der Waals surface area (Å²) in [6, 6.07) is 4.30. The van der Waals surface area contributed by atoms with Crippen molar-refractivity contribution < 1.29 is 27.1 Å². The summed E-state index contributed by atoms with van der Waals surface area (Å²) in [5.74, 6) is -4.62. The fraction of sp³-hybridized carbons (Fsp3) is 0.533. The van der Waals surface area contributed by atoms with Gasteiger partial charge >= 0.3 is 5.97 Å². The van der Waals surface area contributed by atoms with E-state index in [1.54, 1.807) is 6.07 Å². The van der Waals surface area contributed by atoms with Crippen LogP contribution in [0.2, 0.25) is 0 Å². The van der Waals surface area contributed by atoms with Crippen LogP contribution >= 0.6 is 0 Å². The molecular weight excluding hydrogens is 328 g/mol. The van der Waals surface area contributed by atoms with Gasteiger partial charge in [-0.15, -0.1) is 0 Å². The number of aliphatic carboxylic acids is 1. The van der Waals surface area contributed by atoms with Crippen LogP contribution in [0.3, 0.4) is 0 Å². The minimum Gasteiger partial charge on any atom is -0.481 e. The molecule has 1 saturated carbocycles. The summed E-state index contributed by atoms with van der Waals surface area (Å²) in [6.07, 6.45) is 0.808. The number of halogens is 2. The van der Waals surface area contributed by atoms with Crippen LogP contribution in [0, 0.1) is 5.92 Å². The highest BCUT2D eigenvalue weighted by molar-refractivity contribution is 7.89. The number of fused-ring (bicyclic) bond motifs is 1. The molecule has 23 heavy (non-hydrogen) atoms. The molecule has 1 atom stereocenters. The van der Waals surface area contributed by atoms with Crippen LogP contribution in [0.15, 0.2) is 23.1 Å². The van der Waals surface area contributed by atoms with Gasteiger partial charge in [0.1, 0.15) is 0 Å². The lowest BCUT2D eigenvalue weighted by molar-refractivity contribution is -0.141. The number of hydrogen-bond donors (Lipinski definition) is 2. The largest absolute Gasteiger partial charge is 0.481 e. The lowest BCUT2D eigenvalue weighted by Gasteiger charge is -2.24. The minimum absolute atomic E-state index is 0.0990. The van der Waals surface area contributed by atoms with Gasteiger partial charge in [0.2, 0.25) is 10.0 Å². The fourth-order valence-corrected chi connectivity index (χ4v) is 4.57. The fourth-order valence-electron chi connectivity index (χ4n) is 3.01. The quantitative estimate of drug-likeness (QED) is 0.854. The zero-order valence-electron chi connectivity index (χ0n) is 12.5. The van der Waals surface area contributed by atoms with Gasteiger partial charge in [-0.2, -0.15) is 4.72 Å². The molecule has 8 heteroatoms. The van der Waals surface area contributed by atoms with E-state index in [2.05, 4.69) is 4.72 Å². The maximum Gasteiger partial charge on any atom is 0.307 e. The molecule has 0 spiro atoms. The summed E-state index contributed by atoms with van der Waals surface area (Å²) in [4.78, 5) is 10.9. The summed E-state index contributed by atoms with van der Waals surface area (Å²) in [6.45, 7) is 0.711. The van der Waals surface area contributed by atoms with Crippen LogP contribution < -0.4 is 4.72 Å². The Labute approximate surface area is 132 Å². The lowest BCUT2D eigenvalue weighted by Crippen LogP contribution is -2.48. The zero-order chi connectivity index (χ0) is 17.0. The maximum atomic E-state index is 13.6. The van der Waals surface area contributed by atoms with Gasteiger partial charge in [-0.25, -0.2) is 17.2 Å². The Morgan fingerprint density at radius 3 is 2.43 bits per heavy atom. The molecule has 0 bridgehead atoms. The van der Waals surface area contributed by atoms with Crippen LogP contribution in [0.4, 0.5) is 8.78 Å². The van der Waals surface area contributed by atoms with Crippen molar-refractivity contribution in [2.24, 2.45) is 5.92 Å². The predicted molar refractivity (Wildman–Crippen MR) is 77.9 cm³/mol. The smallest absolute Gasteiger partial charge is 0.307 e. The molecule has 2 aliphatic carbocycles. The van der Waals surface area contributed by atoms with Crippen molar-refractivity contribution in [1.29, 1.82) is 0 Å². The highest BCUT2D eigenvalue weighted by Crippen LogP contribution is 2.48. The number of rotatable bonds is 5. The lowest BCUT2D eigenvalue weighted by atomic mass is 10.1. The molecule has 0 amide bonds. The van der Waals surface area contributed by atoms with Crippen LogP contribution in [0.1, 0.15) is 30.9 Å². The molecule has 1 aromatic carbocycles. The first-order chi connectivity index (χ1) is 10.5. The molecule has 2 N–H and O–H groups in total. The monoisotopic (exact) mass is 345 g/mol. The molecule has 126 valence electrons. The molecule has 0 radical (unpaired) electrons. The van der Waals surface area contributed by atoms with Gasteiger partial charge in [-0.3, -0.25) is 4.79 Å². The van der Waals surface area contributed by atoms with Crippen molar-refractivity contribution in [1.82, 2.24) is 4.72 Å². The summed E-state index contributed by atoms with van der Waals surface area (Å²) in [5.41, 5.74) is -0.263. The third-order valence-corrected chi connectivity index (χ3v) is 6.22. The highest BCUT2D eigenvalue weighted by atomic mass is 32.2. The van der Waals surface area contributed by atoms with E-state index in [1.807, 2.05) is 0 Å². The first-order valence-electron chi connectivity index (χ1n) is 7.30. The zero-order valence-corrected chi connectivity index (χ0v) is 13.3. The minimum atomic E-state index is -4.08. The Morgan fingerprint density at radius 2 is 1.91 bits per heavy atom. The summed E-state index contributed by atoms with van der Waals surface area (Å²) >= 11 is 0. The Hall–Kier alpha value is -1.54. The van der Waals surface area contributed by atoms with E-state index in [1.165, 1.54) is 12.1 Å². The van der Waals surface area contributed by atoms with Crippen molar-refractivity contribution in [3.63, 3.8) is 0 Å². The van der Waals surface area contributed by atoms with E-state index in [0.717, 1.165) is 5.56 Å². The molecule has 0 aliphatic heterocycles. The summed E-state index contributed by atoms with van der Waals surface area (Å²) in [5, 5.41) is 9.05. The van der Waals surface area contributed by atoms with Gasteiger partial charge in [-0.05, 0) is 48.9 Å². The SMILES string of the molecule is CC(F)(F)C1(NS(=O)(=O)c2ccc3c(c2)CC(C(=O)O)C3)CC1. The summed E-state index contributed by atoms with van der Waals surface area (Å²) in [7, 11) is -4.08. The Kier molecular flexibility index (Phi) is 3.53. The molecule has 0 heterocycles. The molecule has 2 aliphatic rings. The topological polar surface area (TPSA) is 83.5 Å². The van der Waals surface area contributed by atoms with Crippen LogP contribution in [0.25, 0.3) is 0 Å². The number of hydrogen-bond acceptors (Lipinski definition) is 3. The van der Waals surface area contributed by atoms with Crippen LogP contribution in [-0.2, 0) is 27.7 Å². The highest BCUT2D eigenvalue weighted by Gasteiger charge is 2.61. The Balaban J connectivity index is 1.86. The van der Waals surface area contributed by atoms with E-state index in [9.17, 15) is 22.0 Å². The average molecular weight is 345 g/mol. The second-order valence-corrected chi connectivity index (χ2v) is 8.13. The van der Waals surface area contributed by atoms with Crippen LogP contribution in [0.5, 0.6) is 0 Å². The van der Waals surface area contributed by atoms with Gasteiger partial charge in [0.25, 0.3) is 5.92 Å². The first kappa shape index (κ1) is 16.3. The van der Waals surface area contributed by atoms with Crippen molar-refractivity contribution in [2.45, 2.75) is 49.0 Å². The number of alkyl halides is 2. The molecule has 1 unspecified atom stereocenters. The van der Waals surface area contributed by atoms with E-state index in [4.69, 9.17) is 5.11 Å². The number of carboxylic acids is 1. The third kappa shape index (κ3) is 2.85. The van der Waals surface area contributed by atoms with Gasteiger partial charge in [-0.1, -0.05) is 6.07 Å². The summed E-state index contributed by atoms with van der Waals surface area (Å²) < 4.78 is 54.1. The Bertz CT molecular complexity index is 766. The van der Waals surface area contributed by atoms with E-state index in [-0.39, 0.29) is 24.2 Å². The Morgan fingerprint density at radius 1 is 1.30 bits per heavy atom. The van der Waals surface area contributed by atoms with Crippen molar-refractivity contribution in [3.05, 3.63) is 29.3 Å². The maximum absolute atomic E-state index is 13.6. The number of carbonyl (C=O) groups is 1. The standard InChI is InChI=1S/C15H17F2NO4S/c1-14(16,17)15(4-5-15)18-23(21,22)12-3-2-9-6-11(13(19)20)7-10(9)8-12/h2-3,8,11,18H,4-7H2,1H3,(H,19,20). The molecule has 1 aromatic rings. The second-order valence-electron chi connectivity index (χ2n) is 6.45. The second kappa shape index (κ2) is 4.98. The number of nitrogens with one attached hydrogen (secondary N) is 1. The van der Waals surface area contributed by atoms with Crippen LogP contribution in [-0.4, -0.2) is 31.0 Å². The molecule has 3 rings (SSSR count). The molecule has 0 aromatic heterocycles. The van der Waals surface area contributed by atoms with Gasteiger partial charge in [0, 0.05) is 6.92 Å². The molecule has 0 saturated heterocycles. The normalized spacial score (nSPS) is 22.7. The molecule has 5 nitrogen and oxygen atoms in total. The number of benzene rings is 1. The third-order valence-electron chi connectivity index (χ3n) is 4.69. The van der Waals surface area contributed by atoms with Crippen molar-refractivity contribution >= 4 is 16.0 Å². The van der Waals surface area contributed by atoms with Crippen molar-refractivity contribution in [3.8, 4) is 0 Å². The molecule has 1 fully saturated rings. The van der Waals surface area contributed by atoms with Gasteiger partial charge in [0.05, 0.1) is 16.4 Å². The number of carboxylic acid groups (broad SMARTS) is 1.